The SMILES string of the molecule is Cc1nnc(SCC2=C(C(=O)O)N3C(=O)[C@H](NC(=O)c4ccn(C(F)F)n4)[C@H]3SC2)s1. The van der Waals surface area contributed by atoms with Crippen molar-refractivity contribution < 1.29 is 28.3 Å². The van der Waals surface area contributed by atoms with Gasteiger partial charge in [0.2, 0.25) is 0 Å². The van der Waals surface area contributed by atoms with E-state index in [9.17, 15) is 28.3 Å². The number of carboxylic acid groups (broad SMARTS) is 1. The van der Waals surface area contributed by atoms with Gasteiger partial charge < -0.3 is 10.4 Å². The van der Waals surface area contributed by atoms with Gasteiger partial charge in [0.25, 0.3) is 11.8 Å². The van der Waals surface area contributed by atoms with E-state index in [2.05, 4.69) is 20.6 Å². The van der Waals surface area contributed by atoms with Crippen LogP contribution in [0.2, 0.25) is 0 Å². The molecule has 15 heteroatoms. The maximum atomic E-state index is 12.6. The number of β-lactam (4-membered cyclic amide) rings is 1. The number of carbonyl (C=O) groups excluding carboxylic acids is 2. The minimum Gasteiger partial charge on any atom is -0.477 e. The van der Waals surface area contributed by atoms with Crippen molar-refractivity contribution in [3.63, 3.8) is 0 Å². The summed E-state index contributed by atoms with van der Waals surface area (Å²) in [4.78, 5) is 38.0. The topological polar surface area (TPSA) is 130 Å². The van der Waals surface area contributed by atoms with Crippen molar-refractivity contribution in [3.8, 4) is 0 Å². The first-order valence-electron chi connectivity index (χ1n) is 8.73. The Morgan fingerprint density at radius 2 is 2.19 bits per heavy atom. The number of hydrogen-bond acceptors (Lipinski definition) is 9. The second-order valence-electron chi connectivity index (χ2n) is 6.45. The molecule has 2 aromatic rings. The van der Waals surface area contributed by atoms with Gasteiger partial charge in [0.15, 0.2) is 4.34 Å². The van der Waals surface area contributed by atoms with Crippen LogP contribution in [0, 0.1) is 6.92 Å². The second-order valence-corrected chi connectivity index (χ2v) is 9.96. The van der Waals surface area contributed by atoms with Crippen molar-refractivity contribution in [2.75, 3.05) is 11.5 Å². The number of thioether (sulfide) groups is 2. The van der Waals surface area contributed by atoms with E-state index in [1.54, 1.807) is 0 Å². The molecule has 0 aliphatic carbocycles. The lowest BCUT2D eigenvalue weighted by Gasteiger charge is -2.49. The smallest absolute Gasteiger partial charge is 0.352 e. The molecule has 1 saturated heterocycles. The summed E-state index contributed by atoms with van der Waals surface area (Å²) in [5, 5.41) is 23.7. The van der Waals surface area contributed by atoms with Gasteiger partial charge in [-0.1, -0.05) is 23.1 Å². The van der Waals surface area contributed by atoms with Crippen LogP contribution in [0.5, 0.6) is 0 Å². The maximum Gasteiger partial charge on any atom is 0.352 e. The number of aryl methyl sites for hydroxylation is 1. The van der Waals surface area contributed by atoms with Crippen molar-refractivity contribution >= 4 is 52.6 Å². The number of amides is 2. The van der Waals surface area contributed by atoms with Crippen molar-refractivity contribution in [1.82, 2.24) is 30.2 Å². The molecule has 2 aliphatic heterocycles. The van der Waals surface area contributed by atoms with Gasteiger partial charge in [0.1, 0.15) is 27.8 Å². The van der Waals surface area contributed by atoms with E-state index in [1.807, 2.05) is 6.92 Å². The highest BCUT2D eigenvalue weighted by Gasteiger charge is 2.54. The Balaban J connectivity index is 1.46. The van der Waals surface area contributed by atoms with Crippen LogP contribution in [0.4, 0.5) is 8.78 Å². The number of fused-ring (bicyclic) bond motifs is 1. The molecular formula is C16H14F2N6O4S3. The first-order chi connectivity index (χ1) is 14.8. The molecule has 2 amide bonds. The first kappa shape index (κ1) is 21.7. The number of hydrogen-bond donors (Lipinski definition) is 2. The normalized spacial score (nSPS) is 20.6. The molecule has 0 spiro atoms. The number of halogens is 2. The summed E-state index contributed by atoms with van der Waals surface area (Å²) in [6, 6.07) is 0.146. The summed E-state index contributed by atoms with van der Waals surface area (Å²) in [6.45, 7) is -1.07. The lowest BCUT2D eigenvalue weighted by molar-refractivity contribution is -0.148. The minimum atomic E-state index is -2.89. The zero-order chi connectivity index (χ0) is 22.3. The number of rotatable bonds is 7. The van der Waals surface area contributed by atoms with Crippen LogP contribution in [0.15, 0.2) is 27.9 Å². The fourth-order valence-electron chi connectivity index (χ4n) is 3.06. The molecule has 0 unspecified atom stereocenters. The van der Waals surface area contributed by atoms with Crippen molar-refractivity contribution in [2.24, 2.45) is 0 Å². The Kier molecular flexibility index (Phi) is 5.98. The highest BCUT2D eigenvalue weighted by molar-refractivity contribution is 8.01. The van der Waals surface area contributed by atoms with Crippen LogP contribution in [0.3, 0.4) is 0 Å². The summed E-state index contributed by atoms with van der Waals surface area (Å²) in [6.07, 6.45) is 0.957. The molecule has 0 bridgehead atoms. The molecule has 0 aromatic carbocycles. The van der Waals surface area contributed by atoms with Crippen LogP contribution in [-0.4, -0.2) is 70.7 Å². The number of carbonyl (C=O) groups is 3. The second kappa shape index (κ2) is 8.55. The fraction of sp³-hybridized carbons (Fsp3) is 0.375. The average Bonchev–Trinajstić information content (AvgIpc) is 3.38. The van der Waals surface area contributed by atoms with Gasteiger partial charge in [-0.25, -0.2) is 9.48 Å². The third-order valence-electron chi connectivity index (χ3n) is 4.45. The van der Waals surface area contributed by atoms with Crippen molar-refractivity contribution in [3.05, 3.63) is 34.2 Å². The fourth-order valence-corrected chi connectivity index (χ4v) is 6.36. The highest BCUT2D eigenvalue weighted by Crippen LogP contribution is 2.41. The van der Waals surface area contributed by atoms with Crippen LogP contribution in [0.25, 0.3) is 0 Å². The Morgan fingerprint density at radius 1 is 1.42 bits per heavy atom. The zero-order valence-corrected chi connectivity index (χ0v) is 18.1. The van der Waals surface area contributed by atoms with E-state index in [0.717, 1.165) is 22.2 Å². The highest BCUT2D eigenvalue weighted by atomic mass is 32.2. The predicted molar refractivity (Wildman–Crippen MR) is 108 cm³/mol. The molecule has 10 nitrogen and oxygen atoms in total. The molecule has 2 aromatic heterocycles. The molecule has 4 rings (SSSR count). The van der Waals surface area contributed by atoms with Gasteiger partial charge in [-0.3, -0.25) is 14.5 Å². The van der Waals surface area contributed by atoms with Crippen LogP contribution in [-0.2, 0) is 9.59 Å². The molecule has 0 radical (unpaired) electrons. The Bertz CT molecular complexity index is 1090. The summed E-state index contributed by atoms with van der Waals surface area (Å²) in [7, 11) is 0. The van der Waals surface area contributed by atoms with Gasteiger partial charge in [-0.15, -0.1) is 22.0 Å². The zero-order valence-electron chi connectivity index (χ0n) is 15.7. The Morgan fingerprint density at radius 3 is 2.81 bits per heavy atom. The summed E-state index contributed by atoms with van der Waals surface area (Å²) >= 11 is 4.05. The Labute approximate surface area is 186 Å². The first-order valence-corrected chi connectivity index (χ1v) is 11.6. The number of aromatic nitrogens is 4. The number of carboxylic acids is 1. The van der Waals surface area contributed by atoms with Gasteiger partial charge in [-0.05, 0) is 18.6 Å². The lowest BCUT2D eigenvalue weighted by Crippen LogP contribution is -2.70. The summed E-state index contributed by atoms with van der Waals surface area (Å²) < 4.78 is 26.3. The van der Waals surface area contributed by atoms with E-state index >= 15 is 0 Å². The van der Waals surface area contributed by atoms with Crippen LogP contribution in [0.1, 0.15) is 22.0 Å². The standard InChI is InChI=1S/C16H14F2N6O4S3/c1-6-20-21-16(31-6)30-5-7-4-29-13-9(12(26)24(13)10(7)14(27)28)19-11(25)8-2-3-23(22-8)15(17)18/h2-3,9,13,15H,4-5H2,1H3,(H,19,25)(H,27,28)/t9-,13+/m0/s1. The summed E-state index contributed by atoms with van der Waals surface area (Å²) in [5.74, 6) is -1.91. The van der Waals surface area contributed by atoms with Gasteiger partial charge >= 0.3 is 12.5 Å². The van der Waals surface area contributed by atoms with E-state index in [-0.39, 0.29) is 11.4 Å². The van der Waals surface area contributed by atoms with Crippen LogP contribution < -0.4 is 5.32 Å². The molecule has 2 N–H and O–H groups in total. The van der Waals surface area contributed by atoms with E-state index < -0.39 is 35.7 Å². The molecule has 0 saturated carbocycles. The number of nitrogens with one attached hydrogen (secondary N) is 1. The molecule has 2 atom stereocenters. The van der Waals surface area contributed by atoms with E-state index in [4.69, 9.17) is 0 Å². The van der Waals surface area contributed by atoms with Gasteiger partial charge in [0, 0.05) is 17.7 Å². The van der Waals surface area contributed by atoms with Gasteiger partial charge in [-0.2, -0.15) is 13.9 Å². The average molecular weight is 489 g/mol. The quantitative estimate of drug-likeness (QED) is 0.441. The molecular weight excluding hydrogens is 474 g/mol. The molecule has 4 heterocycles. The molecule has 31 heavy (non-hydrogen) atoms. The monoisotopic (exact) mass is 488 g/mol. The number of nitrogens with zero attached hydrogens (tertiary/aromatic N) is 5. The van der Waals surface area contributed by atoms with Gasteiger partial charge in [0.05, 0.1) is 0 Å². The maximum absolute atomic E-state index is 12.6. The molecule has 1 fully saturated rings. The van der Waals surface area contributed by atoms with E-state index in [1.165, 1.54) is 34.9 Å². The molecule has 2 aliphatic rings. The van der Waals surface area contributed by atoms with Crippen molar-refractivity contribution in [2.45, 2.75) is 29.2 Å². The lowest BCUT2D eigenvalue weighted by atomic mass is 10.0. The largest absolute Gasteiger partial charge is 0.477 e. The van der Waals surface area contributed by atoms with Crippen molar-refractivity contribution in [1.29, 1.82) is 0 Å². The third kappa shape index (κ3) is 4.16. The Hall–Kier alpha value is -2.52. The third-order valence-corrected chi connectivity index (χ3v) is 7.85. The molecule has 164 valence electrons. The summed E-state index contributed by atoms with van der Waals surface area (Å²) in [5.41, 5.74) is 0.209. The van der Waals surface area contributed by atoms with Crippen LogP contribution >= 0.6 is 34.9 Å². The van der Waals surface area contributed by atoms with E-state index in [0.29, 0.717) is 26.1 Å². The minimum absolute atomic E-state index is 0.102. The predicted octanol–water partition coefficient (Wildman–Crippen LogP) is 1.58. The number of aliphatic carboxylic acids is 1. The number of alkyl halides is 2.